The number of hydrogen-bond donors (Lipinski definition) is 1. The van der Waals surface area contributed by atoms with Gasteiger partial charge in [0, 0.05) is 4.88 Å². The molecule has 0 aliphatic carbocycles. The van der Waals surface area contributed by atoms with E-state index in [0.717, 1.165) is 17.5 Å². The summed E-state index contributed by atoms with van der Waals surface area (Å²) in [6, 6.07) is 3.77. The van der Waals surface area contributed by atoms with Crippen molar-refractivity contribution in [2.24, 2.45) is 0 Å². The standard InChI is InChI=1S/C12H11N3O2S/c1-2-8-5-9(10(13)18-8)12-14-11(15-17-12)7-3-4-16-6-7/h3-6H,2,13H2,1H3. The third kappa shape index (κ3) is 1.80. The first-order valence-corrected chi connectivity index (χ1v) is 6.34. The highest BCUT2D eigenvalue weighted by atomic mass is 32.1. The highest BCUT2D eigenvalue weighted by Crippen LogP contribution is 2.34. The van der Waals surface area contributed by atoms with E-state index in [9.17, 15) is 0 Å². The van der Waals surface area contributed by atoms with Gasteiger partial charge >= 0.3 is 0 Å². The molecule has 0 radical (unpaired) electrons. The Kier molecular flexibility index (Phi) is 2.64. The second-order valence-electron chi connectivity index (χ2n) is 3.78. The van der Waals surface area contributed by atoms with Crippen molar-refractivity contribution in [3.8, 4) is 22.8 Å². The minimum atomic E-state index is 0.444. The van der Waals surface area contributed by atoms with E-state index in [2.05, 4.69) is 17.1 Å². The molecular weight excluding hydrogens is 250 g/mol. The molecule has 0 unspecified atom stereocenters. The SMILES string of the molecule is CCc1cc(-c2nc(-c3ccoc3)no2)c(N)s1. The summed E-state index contributed by atoms with van der Waals surface area (Å²) in [6.07, 6.45) is 4.08. The molecule has 0 saturated heterocycles. The monoisotopic (exact) mass is 261 g/mol. The Morgan fingerprint density at radius 1 is 1.44 bits per heavy atom. The van der Waals surface area contributed by atoms with Crippen molar-refractivity contribution in [2.45, 2.75) is 13.3 Å². The third-order valence-corrected chi connectivity index (χ3v) is 3.70. The number of aryl methyl sites for hydroxylation is 1. The number of nitrogens with zero attached hydrogens (tertiary/aromatic N) is 2. The number of nitrogens with two attached hydrogens (primary N) is 1. The molecule has 5 nitrogen and oxygen atoms in total. The molecule has 2 N–H and O–H groups in total. The Morgan fingerprint density at radius 3 is 3.00 bits per heavy atom. The third-order valence-electron chi connectivity index (χ3n) is 2.60. The number of aromatic nitrogens is 2. The molecule has 3 aromatic heterocycles. The second-order valence-corrected chi connectivity index (χ2v) is 4.95. The Labute approximate surface area is 107 Å². The quantitative estimate of drug-likeness (QED) is 0.783. The van der Waals surface area contributed by atoms with Crippen molar-refractivity contribution >= 4 is 16.3 Å². The molecular formula is C12H11N3O2S. The number of hydrogen-bond acceptors (Lipinski definition) is 6. The smallest absolute Gasteiger partial charge is 0.261 e. The average molecular weight is 261 g/mol. The van der Waals surface area contributed by atoms with E-state index < -0.39 is 0 Å². The molecule has 92 valence electrons. The highest BCUT2D eigenvalue weighted by Gasteiger charge is 2.16. The van der Waals surface area contributed by atoms with E-state index >= 15 is 0 Å². The molecule has 0 saturated carbocycles. The Bertz CT molecular complexity index is 655. The van der Waals surface area contributed by atoms with Gasteiger partial charge in [0.05, 0.1) is 22.4 Å². The molecule has 18 heavy (non-hydrogen) atoms. The normalized spacial score (nSPS) is 10.9. The van der Waals surface area contributed by atoms with Crippen LogP contribution in [0.2, 0.25) is 0 Å². The summed E-state index contributed by atoms with van der Waals surface area (Å²) in [6.45, 7) is 2.08. The largest absolute Gasteiger partial charge is 0.472 e. The maximum absolute atomic E-state index is 5.95. The van der Waals surface area contributed by atoms with E-state index in [1.165, 1.54) is 4.88 Å². The van der Waals surface area contributed by atoms with Gasteiger partial charge in [0.2, 0.25) is 5.82 Å². The highest BCUT2D eigenvalue weighted by molar-refractivity contribution is 7.16. The van der Waals surface area contributed by atoms with Crippen LogP contribution in [0, 0.1) is 0 Å². The number of nitrogen functional groups attached to an aromatic ring is 1. The molecule has 0 amide bonds. The van der Waals surface area contributed by atoms with Gasteiger partial charge in [-0.25, -0.2) is 0 Å². The predicted octanol–water partition coefficient (Wildman–Crippen LogP) is 3.20. The lowest BCUT2D eigenvalue weighted by Gasteiger charge is -1.88. The predicted molar refractivity (Wildman–Crippen MR) is 69.1 cm³/mol. The lowest BCUT2D eigenvalue weighted by molar-refractivity contribution is 0.432. The molecule has 3 heterocycles. The van der Waals surface area contributed by atoms with Crippen molar-refractivity contribution in [3.05, 3.63) is 29.5 Å². The summed E-state index contributed by atoms with van der Waals surface area (Å²) in [5.41, 5.74) is 7.54. The lowest BCUT2D eigenvalue weighted by Crippen LogP contribution is -1.83. The van der Waals surface area contributed by atoms with Gasteiger partial charge in [0.1, 0.15) is 6.26 Å². The first-order chi connectivity index (χ1) is 8.78. The zero-order chi connectivity index (χ0) is 12.5. The van der Waals surface area contributed by atoms with E-state index in [1.807, 2.05) is 6.07 Å². The number of furan rings is 1. The summed E-state index contributed by atoms with van der Waals surface area (Å²) < 4.78 is 10.2. The summed E-state index contributed by atoms with van der Waals surface area (Å²) in [5, 5.41) is 4.62. The van der Waals surface area contributed by atoms with Gasteiger partial charge in [0.15, 0.2) is 0 Å². The van der Waals surface area contributed by atoms with Crippen molar-refractivity contribution in [1.82, 2.24) is 10.1 Å². The first kappa shape index (κ1) is 11.0. The van der Waals surface area contributed by atoms with Crippen LogP contribution in [0.4, 0.5) is 5.00 Å². The lowest BCUT2D eigenvalue weighted by atomic mass is 10.2. The fourth-order valence-corrected chi connectivity index (χ4v) is 2.50. The van der Waals surface area contributed by atoms with Gasteiger partial charge in [-0.1, -0.05) is 12.1 Å². The number of anilines is 1. The van der Waals surface area contributed by atoms with Crippen LogP contribution in [-0.4, -0.2) is 10.1 Å². The molecule has 0 aliphatic heterocycles. The van der Waals surface area contributed by atoms with Crippen LogP contribution in [0.1, 0.15) is 11.8 Å². The van der Waals surface area contributed by atoms with Gasteiger partial charge in [-0.2, -0.15) is 4.98 Å². The van der Waals surface area contributed by atoms with Crippen molar-refractivity contribution in [1.29, 1.82) is 0 Å². The molecule has 0 bridgehead atoms. The summed E-state index contributed by atoms with van der Waals surface area (Å²) in [4.78, 5) is 5.52. The molecule has 3 rings (SSSR count). The van der Waals surface area contributed by atoms with Gasteiger partial charge in [-0.05, 0) is 18.6 Å². The van der Waals surface area contributed by atoms with E-state index in [0.29, 0.717) is 16.7 Å². The molecule has 0 spiro atoms. The summed E-state index contributed by atoms with van der Waals surface area (Å²) in [7, 11) is 0. The minimum absolute atomic E-state index is 0.444. The van der Waals surface area contributed by atoms with Crippen LogP contribution in [0.5, 0.6) is 0 Å². The maximum atomic E-state index is 5.95. The van der Waals surface area contributed by atoms with Crippen LogP contribution in [0.25, 0.3) is 22.8 Å². The van der Waals surface area contributed by atoms with Crippen LogP contribution < -0.4 is 5.73 Å². The summed E-state index contributed by atoms with van der Waals surface area (Å²) in [5.74, 6) is 0.946. The van der Waals surface area contributed by atoms with Crippen LogP contribution in [0.3, 0.4) is 0 Å². The van der Waals surface area contributed by atoms with E-state index in [1.54, 1.807) is 29.9 Å². The van der Waals surface area contributed by atoms with Gasteiger partial charge in [-0.3, -0.25) is 0 Å². The topological polar surface area (TPSA) is 78.1 Å². The van der Waals surface area contributed by atoms with E-state index in [4.69, 9.17) is 14.7 Å². The first-order valence-electron chi connectivity index (χ1n) is 5.52. The fourth-order valence-electron chi connectivity index (χ4n) is 1.64. The molecule has 0 atom stereocenters. The van der Waals surface area contributed by atoms with Crippen LogP contribution >= 0.6 is 11.3 Å². The average Bonchev–Trinajstić information content (AvgIpc) is 3.08. The van der Waals surface area contributed by atoms with Crippen molar-refractivity contribution in [3.63, 3.8) is 0 Å². The Morgan fingerprint density at radius 2 is 2.33 bits per heavy atom. The van der Waals surface area contributed by atoms with Gasteiger partial charge in [-0.15, -0.1) is 11.3 Å². The van der Waals surface area contributed by atoms with Crippen LogP contribution in [0.15, 0.2) is 33.6 Å². The Hall–Kier alpha value is -2.08. The van der Waals surface area contributed by atoms with Crippen molar-refractivity contribution in [2.75, 3.05) is 5.73 Å². The zero-order valence-electron chi connectivity index (χ0n) is 9.71. The van der Waals surface area contributed by atoms with Crippen LogP contribution in [-0.2, 0) is 6.42 Å². The second kappa shape index (κ2) is 4.30. The Balaban J connectivity index is 2.00. The van der Waals surface area contributed by atoms with E-state index in [-0.39, 0.29) is 0 Å². The minimum Gasteiger partial charge on any atom is -0.472 e. The number of rotatable bonds is 3. The molecule has 0 aliphatic rings. The number of thiophene rings is 1. The fraction of sp³-hybridized carbons (Fsp3) is 0.167. The van der Waals surface area contributed by atoms with Crippen molar-refractivity contribution < 1.29 is 8.94 Å². The summed E-state index contributed by atoms with van der Waals surface area (Å²) >= 11 is 1.55. The zero-order valence-corrected chi connectivity index (χ0v) is 10.5. The van der Waals surface area contributed by atoms with Gasteiger partial charge in [0.25, 0.3) is 5.89 Å². The molecule has 0 aromatic carbocycles. The molecule has 0 fully saturated rings. The maximum Gasteiger partial charge on any atom is 0.261 e. The van der Waals surface area contributed by atoms with Gasteiger partial charge < -0.3 is 14.7 Å². The molecule has 3 aromatic rings. The molecule has 6 heteroatoms.